The van der Waals surface area contributed by atoms with Crippen LogP contribution in [-0.2, 0) is 11.0 Å². The van der Waals surface area contributed by atoms with Gasteiger partial charge in [-0.3, -0.25) is 14.5 Å². The standard InChI is InChI=1S/C18H23F3N4O2.ClH/c19-18(20,21)15-4-2-1-3-14(15)17(27)23-11-16(26)25-8-5-13(12-25)24-9-6-22-7-10-24;/h1-4,13,22H,5-12H2,(H,23,27);1H. The van der Waals surface area contributed by atoms with Crippen molar-refractivity contribution < 1.29 is 22.8 Å². The monoisotopic (exact) mass is 420 g/mol. The molecule has 28 heavy (non-hydrogen) atoms. The van der Waals surface area contributed by atoms with E-state index in [9.17, 15) is 22.8 Å². The molecule has 0 saturated carbocycles. The molecule has 2 saturated heterocycles. The van der Waals surface area contributed by atoms with E-state index in [0.29, 0.717) is 19.1 Å². The van der Waals surface area contributed by atoms with Crippen molar-refractivity contribution in [3.8, 4) is 0 Å². The number of carbonyl (C=O) groups is 2. The van der Waals surface area contributed by atoms with Crippen LogP contribution in [0.25, 0.3) is 0 Å². The summed E-state index contributed by atoms with van der Waals surface area (Å²) in [5.41, 5.74) is -1.48. The van der Waals surface area contributed by atoms with Crippen molar-refractivity contribution in [1.82, 2.24) is 20.4 Å². The third kappa shape index (κ3) is 5.36. The normalized spacial score (nSPS) is 20.5. The largest absolute Gasteiger partial charge is 0.417 e. The number of hydrogen-bond acceptors (Lipinski definition) is 4. The molecular formula is C18H24ClF3N4O2. The lowest BCUT2D eigenvalue weighted by Crippen LogP contribution is -2.49. The number of benzene rings is 1. The van der Waals surface area contributed by atoms with Crippen LogP contribution in [0.5, 0.6) is 0 Å². The lowest BCUT2D eigenvalue weighted by atomic mass is 10.1. The van der Waals surface area contributed by atoms with Crippen LogP contribution >= 0.6 is 12.4 Å². The molecule has 1 aromatic carbocycles. The number of nitrogens with one attached hydrogen (secondary N) is 2. The van der Waals surface area contributed by atoms with E-state index in [2.05, 4.69) is 15.5 Å². The molecule has 0 aromatic heterocycles. The molecule has 2 heterocycles. The molecule has 3 rings (SSSR count). The van der Waals surface area contributed by atoms with Crippen LogP contribution in [0.2, 0.25) is 0 Å². The van der Waals surface area contributed by atoms with Gasteiger partial charge in [0.1, 0.15) is 0 Å². The molecule has 0 bridgehead atoms. The van der Waals surface area contributed by atoms with Crippen molar-refractivity contribution in [3.05, 3.63) is 35.4 Å². The van der Waals surface area contributed by atoms with Crippen molar-refractivity contribution >= 4 is 24.2 Å². The summed E-state index contributed by atoms with van der Waals surface area (Å²) >= 11 is 0. The number of hydrogen-bond donors (Lipinski definition) is 2. The van der Waals surface area contributed by atoms with E-state index >= 15 is 0 Å². The SMILES string of the molecule is Cl.O=C(NCC(=O)N1CCC(N2CCNCC2)C1)c1ccccc1C(F)(F)F. The maximum absolute atomic E-state index is 13.0. The average Bonchev–Trinajstić information content (AvgIpc) is 3.16. The predicted molar refractivity (Wildman–Crippen MR) is 100 cm³/mol. The van der Waals surface area contributed by atoms with Gasteiger partial charge in [0, 0.05) is 45.3 Å². The summed E-state index contributed by atoms with van der Waals surface area (Å²) in [6.45, 7) is 4.63. The molecule has 0 radical (unpaired) electrons. The first-order valence-electron chi connectivity index (χ1n) is 9.03. The Hall–Kier alpha value is -1.84. The highest BCUT2D eigenvalue weighted by Crippen LogP contribution is 2.31. The molecule has 2 fully saturated rings. The van der Waals surface area contributed by atoms with E-state index in [1.54, 1.807) is 4.90 Å². The third-order valence-electron chi connectivity index (χ3n) is 5.06. The van der Waals surface area contributed by atoms with Crippen LogP contribution in [0.3, 0.4) is 0 Å². The fraction of sp³-hybridized carbons (Fsp3) is 0.556. The van der Waals surface area contributed by atoms with Gasteiger partial charge in [-0.05, 0) is 18.6 Å². The minimum atomic E-state index is -4.62. The van der Waals surface area contributed by atoms with E-state index in [1.165, 1.54) is 12.1 Å². The number of alkyl halides is 3. The van der Waals surface area contributed by atoms with Gasteiger partial charge in [0.2, 0.25) is 5.91 Å². The Bertz CT molecular complexity index is 696. The molecule has 1 aromatic rings. The molecular weight excluding hydrogens is 397 g/mol. The Balaban J connectivity index is 0.00000280. The summed E-state index contributed by atoms with van der Waals surface area (Å²) in [6.07, 6.45) is -3.75. The summed E-state index contributed by atoms with van der Waals surface area (Å²) in [4.78, 5) is 28.5. The van der Waals surface area contributed by atoms with Gasteiger partial charge in [-0.2, -0.15) is 13.2 Å². The number of nitrogens with zero attached hydrogens (tertiary/aromatic N) is 2. The number of amides is 2. The number of carbonyl (C=O) groups excluding carboxylic acids is 2. The lowest BCUT2D eigenvalue weighted by molar-refractivity contribution is -0.137. The minimum Gasteiger partial charge on any atom is -0.343 e. The van der Waals surface area contributed by atoms with Crippen molar-refractivity contribution in [1.29, 1.82) is 0 Å². The van der Waals surface area contributed by atoms with Gasteiger partial charge in [-0.25, -0.2) is 0 Å². The first kappa shape index (κ1) is 22.4. The maximum Gasteiger partial charge on any atom is 0.417 e. The molecule has 2 N–H and O–H groups in total. The van der Waals surface area contributed by atoms with Crippen molar-refractivity contribution in [2.75, 3.05) is 45.8 Å². The Morgan fingerprint density at radius 3 is 2.50 bits per heavy atom. The van der Waals surface area contributed by atoms with Gasteiger partial charge in [-0.1, -0.05) is 12.1 Å². The van der Waals surface area contributed by atoms with Gasteiger partial charge in [-0.15, -0.1) is 12.4 Å². The van der Waals surface area contributed by atoms with Gasteiger partial charge in [0.05, 0.1) is 17.7 Å². The molecule has 156 valence electrons. The zero-order valence-electron chi connectivity index (χ0n) is 15.3. The molecule has 2 aliphatic rings. The van der Waals surface area contributed by atoms with Crippen LogP contribution in [0.4, 0.5) is 13.2 Å². The van der Waals surface area contributed by atoms with Crippen LogP contribution < -0.4 is 10.6 Å². The van der Waals surface area contributed by atoms with Crippen LogP contribution in [-0.4, -0.2) is 73.5 Å². The van der Waals surface area contributed by atoms with E-state index in [-0.39, 0.29) is 24.9 Å². The molecule has 2 aliphatic heterocycles. The van der Waals surface area contributed by atoms with Gasteiger partial charge in [0.25, 0.3) is 5.91 Å². The Kier molecular flexibility index (Phi) is 7.68. The molecule has 0 aliphatic carbocycles. The van der Waals surface area contributed by atoms with E-state index in [1.807, 2.05) is 0 Å². The number of piperazine rings is 1. The fourth-order valence-corrected chi connectivity index (χ4v) is 3.60. The van der Waals surface area contributed by atoms with Crippen molar-refractivity contribution in [2.45, 2.75) is 18.6 Å². The van der Waals surface area contributed by atoms with Gasteiger partial charge in [0.15, 0.2) is 0 Å². The molecule has 6 nitrogen and oxygen atoms in total. The van der Waals surface area contributed by atoms with Crippen LogP contribution in [0.15, 0.2) is 24.3 Å². The smallest absolute Gasteiger partial charge is 0.343 e. The zero-order valence-corrected chi connectivity index (χ0v) is 16.1. The summed E-state index contributed by atoms with van der Waals surface area (Å²) < 4.78 is 39.0. The van der Waals surface area contributed by atoms with E-state index in [4.69, 9.17) is 0 Å². The molecule has 0 spiro atoms. The highest BCUT2D eigenvalue weighted by atomic mass is 35.5. The van der Waals surface area contributed by atoms with E-state index in [0.717, 1.165) is 44.7 Å². The molecule has 1 atom stereocenters. The van der Waals surface area contributed by atoms with Crippen molar-refractivity contribution in [3.63, 3.8) is 0 Å². The first-order chi connectivity index (χ1) is 12.9. The highest BCUT2D eigenvalue weighted by Gasteiger charge is 2.35. The Morgan fingerprint density at radius 1 is 1.14 bits per heavy atom. The minimum absolute atomic E-state index is 0. The second-order valence-corrected chi connectivity index (χ2v) is 6.79. The van der Waals surface area contributed by atoms with Gasteiger partial charge >= 0.3 is 6.18 Å². The lowest BCUT2D eigenvalue weighted by Gasteiger charge is -2.32. The second-order valence-electron chi connectivity index (χ2n) is 6.79. The van der Waals surface area contributed by atoms with Crippen LogP contribution in [0.1, 0.15) is 22.3 Å². The third-order valence-corrected chi connectivity index (χ3v) is 5.06. The summed E-state index contributed by atoms with van der Waals surface area (Å²) in [5, 5.41) is 5.61. The average molecular weight is 421 g/mol. The number of likely N-dealkylation sites (tertiary alicyclic amines) is 1. The molecule has 1 unspecified atom stereocenters. The fourth-order valence-electron chi connectivity index (χ4n) is 3.60. The van der Waals surface area contributed by atoms with Crippen LogP contribution in [0, 0.1) is 0 Å². The van der Waals surface area contributed by atoms with Crippen molar-refractivity contribution in [2.24, 2.45) is 0 Å². The highest BCUT2D eigenvalue weighted by molar-refractivity contribution is 5.97. The maximum atomic E-state index is 13.0. The second kappa shape index (κ2) is 9.58. The Morgan fingerprint density at radius 2 is 1.82 bits per heavy atom. The zero-order chi connectivity index (χ0) is 19.4. The van der Waals surface area contributed by atoms with Gasteiger partial charge < -0.3 is 15.5 Å². The summed E-state index contributed by atoms with van der Waals surface area (Å²) in [7, 11) is 0. The topological polar surface area (TPSA) is 64.7 Å². The summed E-state index contributed by atoms with van der Waals surface area (Å²) in [6, 6.07) is 4.86. The quantitative estimate of drug-likeness (QED) is 0.772. The Labute approximate surface area is 167 Å². The molecule has 2 amide bonds. The molecule has 10 heteroatoms. The van der Waals surface area contributed by atoms with E-state index < -0.39 is 23.2 Å². The summed E-state index contributed by atoms with van der Waals surface area (Å²) in [5.74, 6) is -1.17. The first-order valence-corrected chi connectivity index (χ1v) is 9.03. The predicted octanol–water partition coefficient (Wildman–Crippen LogP) is 1.36. The number of rotatable bonds is 4. The number of halogens is 4.